The Morgan fingerprint density at radius 1 is 1.32 bits per heavy atom. The van der Waals surface area contributed by atoms with Crippen molar-refractivity contribution in [1.29, 1.82) is 0 Å². The Kier molecular flexibility index (Phi) is 2.52. The molecule has 2 heterocycles. The van der Waals surface area contributed by atoms with Crippen molar-refractivity contribution in [2.24, 2.45) is 0 Å². The van der Waals surface area contributed by atoms with Crippen LogP contribution in [0.2, 0.25) is 0 Å². The third-order valence-corrected chi connectivity index (χ3v) is 2.77. The average Bonchev–Trinajstić information content (AvgIpc) is 2.80. The summed E-state index contributed by atoms with van der Waals surface area (Å²) in [5, 5.41) is 10.5. The molecule has 0 unspecified atom stereocenters. The minimum absolute atomic E-state index is 0.138. The number of aromatic nitrogens is 4. The van der Waals surface area contributed by atoms with Crippen LogP contribution in [-0.2, 0) is 0 Å². The molecule has 0 fully saturated rings. The van der Waals surface area contributed by atoms with Gasteiger partial charge in [0, 0.05) is 5.69 Å². The van der Waals surface area contributed by atoms with Crippen molar-refractivity contribution in [3.8, 4) is 0 Å². The van der Waals surface area contributed by atoms with Crippen LogP contribution in [0.4, 0.5) is 21.8 Å². The third-order valence-electron chi connectivity index (χ3n) is 2.77. The van der Waals surface area contributed by atoms with Crippen molar-refractivity contribution >= 4 is 28.5 Å². The van der Waals surface area contributed by atoms with E-state index < -0.39 is 0 Å². The number of aromatic amines is 1. The second kappa shape index (κ2) is 4.20. The highest BCUT2D eigenvalue weighted by Gasteiger charge is 2.09. The Morgan fingerprint density at radius 2 is 2.16 bits per heavy atom. The zero-order valence-corrected chi connectivity index (χ0v) is 10.1. The summed E-state index contributed by atoms with van der Waals surface area (Å²) in [4.78, 5) is 8.16. The molecule has 2 aromatic heterocycles. The van der Waals surface area contributed by atoms with Crippen molar-refractivity contribution in [2.45, 2.75) is 6.92 Å². The molecule has 0 amide bonds. The smallest absolute Gasteiger partial charge is 0.224 e. The fraction of sp³-hybridized carbons (Fsp3) is 0.0833. The van der Waals surface area contributed by atoms with Gasteiger partial charge in [0.2, 0.25) is 5.95 Å². The molecule has 4 N–H and O–H groups in total. The number of hydrogen-bond donors (Lipinski definition) is 3. The molecular weight excluding hydrogens is 247 g/mol. The first-order valence-corrected chi connectivity index (χ1v) is 5.63. The molecule has 0 aliphatic rings. The Bertz CT molecular complexity index is 751. The highest BCUT2D eigenvalue weighted by atomic mass is 19.1. The average molecular weight is 258 g/mol. The van der Waals surface area contributed by atoms with Gasteiger partial charge in [-0.2, -0.15) is 15.1 Å². The SMILES string of the molecule is Cc1cc(F)ccc1Nc1nc(N)nc2[nH]ncc12. The van der Waals surface area contributed by atoms with Gasteiger partial charge in [0.15, 0.2) is 5.65 Å². The maximum Gasteiger partial charge on any atom is 0.224 e. The second-order valence-electron chi connectivity index (χ2n) is 4.15. The lowest BCUT2D eigenvalue weighted by Crippen LogP contribution is -2.01. The number of anilines is 3. The Balaban J connectivity index is 2.07. The topological polar surface area (TPSA) is 92.5 Å². The number of nitrogens with zero attached hydrogens (tertiary/aromatic N) is 3. The fourth-order valence-corrected chi connectivity index (χ4v) is 1.84. The molecule has 0 radical (unpaired) electrons. The lowest BCUT2D eigenvalue weighted by Gasteiger charge is -2.09. The first kappa shape index (κ1) is 11.4. The lowest BCUT2D eigenvalue weighted by atomic mass is 10.2. The molecule has 96 valence electrons. The van der Waals surface area contributed by atoms with Gasteiger partial charge >= 0.3 is 0 Å². The normalized spacial score (nSPS) is 10.8. The maximum absolute atomic E-state index is 13.1. The molecule has 0 bridgehead atoms. The van der Waals surface area contributed by atoms with E-state index in [2.05, 4.69) is 25.5 Å². The molecule has 6 nitrogen and oxygen atoms in total. The van der Waals surface area contributed by atoms with Crippen molar-refractivity contribution < 1.29 is 4.39 Å². The molecule has 1 aromatic carbocycles. The van der Waals surface area contributed by atoms with Gasteiger partial charge in [-0.05, 0) is 30.7 Å². The monoisotopic (exact) mass is 258 g/mol. The van der Waals surface area contributed by atoms with Crippen LogP contribution in [0.15, 0.2) is 24.4 Å². The van der Waals surface area contributed by atoms with Crippen LogP contribution in [0.3, 0.4) is 0 Å². The molecule has 3 aromatic rings. The summed E-state index contributed by atoms with van der Waals surface area (Å²) in [7, 11) is 0. The van der Waals surface area contributed by atoms with Crippen LogP contribution >= 0.6 is 0 Å². The van der Waals surface area contributed by atoms with Crippen LogP contribution in [0.5, 0.6) is 0 Å². The van der Waals surface area contributed by atoms with Gasteiger partial charge in [-0.1, -0.05) is 0 Å². The van der Waals surface area contributed by atoms with Crippen LogP contribution < -0.4 is 11.1 Å². The molecule has 0 saturated heterocycles. The van der Waals surface area contributed by atoms with Crippen LogP contribution in [0.25, 0.3) is 11.0 Å². The highest BCUT2D eigenvalue weighted by molar-refractivity contribution is 5.89. The fourth-order valence-electron chi connectivity index (χ4n) is 1.84. The molecular formula is C12H11FN6. The standard InChI is InChI=1S/C12H11FN6/c1-6-4-7(13)2-3-9(6)16-10-8-5-15-19-11(8)18-12(14)17-10/h2-5H,1H3,(H4,14,15,16,17,18,19). The van der Waals surface area contributed by atoms with E-state index in [1.807, 2.05) is 6.92 Å². The first-order chi connectivity index (χ1) is 9.13. The molecule has 0 aliphatic carbocycles. The van der Waals surface area contributed by atoms with E-state index in [1.54, 1.807) is 12.3 Å². The molecule has 0 saturated carbocycles. The summed E-state index contributed by atoms with van der Waals surface area (Å²) >= 11 is 0. The minimum atomic E-state index is -0.279. The number of nitrogens with two attached hydrogens (primary N) is 1. The van der Waals surface area contributed by atoms with Crippen molar-refractivity contribution in [1.82, 2.24) is 20.2 Å². The third kappa shape index (κ3) is 2.05. The van der Waals surface area contributed by atoms with Gasteiger partial charge in [-0.25, -0.2) is 4.39 Å². The van der Waals surface area contributed by atoms with Gasteiger partial charge in [-0.15, -0.1) is 0 Å². The highest BCUT2D eigenvalue weighted by Crippen LogP contribution is 2.25. The van der Waals surface area contributed by atoms with Crippen LogP contribution in [-0.4, -0.2) is 20.2 Å². The number of nitrogens with one attached hydrogen (secondary N) is 2. The van der Waals surface area contributed by atoms with Gasteiger partial charge < -0.3 is 11.1 Å². The number of aryl methyl sites for hydroxylation is 1. The lowest BCUT2D eigenvalue weighted by molar-refractivity contribution is 0.627. The molecule has 0 spiro atoms. The van der Waals surface area contributed by atoms with E-state index >= 15 is 0 Å². The number of H-pyrrole nitrogens is 1. The van der Waals surface area contributed by atoms with Gasteiger partial charge in [0.25, 0.3) is 0 Å². The van der Waals surface area contributed by atoms with E-state index in [-0.39, 0.29) is 11.8 Å². The summed E-state index contributed by atoms with van der Waals surface area (Å²) in [6.07, 6.45) is 1.61. The molecule has 3 rings (SSSR count). The zero-order valence-electron chi connectivity index (χ0n) is 10.1. The van der Waals surface area contributed by atoms with Crippen molar-refractivity contribution in [2.75, 3.05) is 11.1 Å². The summed E-state index contributed by atoms with van der Waals surface area (Å²) in [6, 6.07) is 4.47. The quantitative estimate of drug-likeness (QED) is 0.654. The van der Waals surface area contributed by atoms with Crippen molar-refractivity contribution in [3.05, 3.63) is 35.8 Å². The first-order valence-electron chi connectivity index (χ1n) is 5.63. The largest absolute Gasteiger partial charge is 0.368 e. The zero-order chi connectivity index (χ0) is 13.4. The molecule has 0 aliphatic heterocycles. The van der Waals surface area contributed by atoms with E-state index in [4.69, 9.17) is 5.73 Å². The number of rotatable bonds is 2. The Morgan fingerprint density at radius 3 is 2.95 bits per heavy atom. The number of benzene rings is 1. The van der Waals surface area contributed by atoms with E-state index in [9.17, 15) is 4.39 Å². The predicted octanol–water partition coefficient (Wildman–Crippen LogP) is 2.13. The number of fused-ring (bicyclic) bond motifs is 1. The van der Waals surface area contributed by atoms with Crippen molar-refractivity contribution in [3.63, 3.8) is 0 Å². The molecule has 0 atom stereocenters. The summed E-state index contributed by atoms with van der Waals surface area (Å²) in [5.74, 6) is 0.392. The van der Waals surface area contributed by atoms with Gasteiger partial charge in [0.05, 0.1) is 11.6 Å². The number of nitrogen functional groups attached to an aromatic ring is 1. The van der Waals surface area contributed by atoms with E-state index in [1.165, 1.54) is 12.1 Å². The van der Waals surface area contributed by atoms with E-state index in [0.29, 0.717) is 11.5 Å². The summed E-state index contributed by atoms with van der Waals surface area (Å²) in [5.41, 5.74) is 7.70. The van der Waals surface area contributed by atoms with Gasteiger partial charge in [-0.3, -0.25) is 5.10 Å². The second-order valence-corrected chi connectivity index (χ2v) is 4.15. The Hall–Kier alpha value is -2.70. The maximum atomic E-state index is 13.1. The molecule has 7 heteroatoms. The summed E-state index contributed by atoms with van der Waals surface area (Å²) < 4.78 is 13.1. The van der Waals surface area contributed by atoms with E-state index in [0.717, 1.165) is 16.6 Å². The Labute approximate surface area is 107 Å². The number of hydrogen-bond acceptors (Lipinski definition) is 5. The van der Waals surface area contributed by atoms with Crippen LogP contribution in [0, 0.1) is 12.7 Å². The summed E-state index contributed by atoms with van der Waals surface area (Å²) in [6.45, 7) is 1.81. The van der Waals surface area contributed by atoms with Gasteiger partial charge in [0.1, 0.15) is 11.6 Å². The predicted molar refractivity (Wildman–Crippen MR) is 70.5 cm³/mol. The molecule has 19 heavy (non-hydrogen) atoms. The number of halogens is 1. The minimum Gasteiger partial charge on any atom is -0.368 e. The van der Waals surface area contributed by atoms with Crippen LogP contribution in [0.1, 0.15) is 5.56 Å².